The Morgan fingerprint density at radius 2 is 1.25 bits per heavy atom. The van der Waals surface area contributed by atoms with Crippen LogP contribution in [0.15, 0.2) is 109 Å². The number of hydrogen-bond donors (Lipinski definition) is 0. The summed E-state index contributed by atoms with van der Waals surface area (Å²) < 4.78 is 0. The Bertz CT molecular complexity index is 1630. The van der Waals surface area contributed by atoms with Crippen molar-refractivity contribution in [1.82, 2.24) is 0 Å². The van der Waals surface area contributed by atoms with Crippen LogP contribution in [0.4, 0.5) is 0 Å². The van der Waals surface area contributed by atoms with Gasteiger partial charge in [-0.15, -0.1) is 68.6 Å². The zero-order valence-electron chi connectivity index (χ0n) is 25.0. The van der Waals surface area contributed by atoms with Gasteiger partial charge >= 0.3 is 30.2 Å². The second-order valence-electron chi connectivity index (χ2n) is 10.3. The molecule has 0 heterocycles. The van der Waals surface area contributed by atoms with Crippen molar-refractivity contribution in [2.75, 3.05) is 0 Å². The molecule has 6 rings (SSSR count). The molecule has 0 unspecified atom stereocenters. The molecule has 6 aromatic carbocycles. The molecule has 0 fully saturated rings. The van der Waals surface area contributed by atoms with Gasteiger partial charge in [0.05, 0.1) is 0 Å². The molecule has 40 heavy (non-hydrogen) atoms. The van der Waals surface area contributed by atoms with Crippen LogP contribution in [0.2, 0.25) is 0 Å². The molecular formula is C38H40SiZr-4. The summed E-state index contributed by atoms with van der Waals surface area (Å²) in [5, 5.41) is 5.47. The summed E-state index contributed by atoms with van der Waals surface area (Å²) in [4.78, 5) is 0. The number of fused-ring (bicyclic) bond motifs is 2. The third-order valence-electron chi connectivity index (χ3n) is 7.14. The summed E-state index contributed by atoms with van der Waals surface area (Å²) in [5.74, 6) is 0.582. The Morgan fingerprint density at radius 1 is 0.625 bits per heavy atom. The first kappa shape index (κ1) is 33.4. The molecule has 2 radical (unpaired) electrons. The van der Waals surface area contributed by atoms with Crippen LogP contribution in [-0.4, -0.2) is 6.88 Å². The van der Waals surface area contributed by atoms with Gasteiger partial charge in [-0.25, -0.2) is 0 Å². The van der Waals surface area contributed by atoms with Gasteiger partial charge in [-0.2, -0.15) is 12.1 Å². The molecule has 0 aliphatic heterocycles. The molecular weight excluding hydrogens is 576 g/mol. The van der Waals surface area contributed by atoms with Crippen LogP contribution < -0.4 is 0 Å². The molecule has 0 atom stereocenters. The first-order valence-corrected chi connectivity index (χ1v) is 17.3. The minimum absolute atomic E-state index is 0. The number of benzene rings is 4. The van der Waals surface area contributed by atoms with Crippen molar-refractivity contribution in [3.63, 3.8) is 0 Å². The fraction of sp³-hybridized carbons (Fsp3) is 0.158. The monoisotopic (exact) mass is 614 g/mol. The predicted octanol–water partition coefficient (Wildman–Crippen LogP) is 11.0. The second-order valence-corrected chi connectivity index (χ2v) is 10.3. The fourth-order valence-corrected chi connectivity index (χ4v) is 5.04. The SMILES string of the molecule is Cc1cc2c(-c3ccccc3)ccc(C)c2[cH-]1.Cc1ccc(-c2cccc3[cH-]c(C(C)C)cc23)cc1.[CH3-].[CH3-].[Si]=[Zr]. The van der Waals surface area contributed by atoms with Crippen molar-refractivity contribution in [3.8, 4) is 22.3 Å². The first-order valence-electron chi connectivity index (χ1n) is 13.1. The molecule has 0 N–H and O–H groups in total. The molecule has 6 aromatic rings. The molecule has 0 nitrogen and oxygen atoms in total. The van der Waals surface area contributed by atoms with E-state index in [1.807, 2.05) is 0 Å². The van der Waals surface area contributed by atoms with Crippen LogP contribution in [0.25, 0.3) is 43.8 Å². The van der Waals surface area contributed by atoms with E-state index >= 15 is 0 Å². The molecule has 2 heteroatoms. The molecule has 0 bridgehead atoms. The molecule has 0 aliphatic rings. The van der Waals surface area contributed by atoms with Crippen LogP contribution in [-0.2, 0) is 23.3 Å². The molecule has 0 saturated carbocycles. The van der Waals surface area contributed by atoms with Crippen molar-refractivity contribution in [1.29, 1.82) is 0 Å². The zero-order valence-corrected chi connectivity index (χ0v) is 28.4. The Labute approximate surface area is 259 Å². The molecule has 0 spiro atoms. The Morgan fingerprint density at radius 3 is 1.90 bits per heavy atom. The third kappa shape index (κ3) is 7.48. The number of hydrogen-bond acceptors (Lipinski definition) is 0. The van der Waals surface area contributed by atoms with Crippen molar-refractivity contribution >= 4 is 28.4 Å². The van der Waals surface area contributed by atoms with Crippen LogP contribution in [0.5, 0.6) is 0 Å². The van der Waals surface area contributed by atoms with Gasteiger partial charge in [0, 0.05) is 0 Å². The quantitative estimate of drug-likeness (QED) is 0.137. The van der Waals surface area contributed by atoms with Gasteiger partial charge in [0.2, 0.25) is 0 Å². The standard InChI is InChI=1S/C19H19.C17H15.2CH3.Si.Zr/c1-13(2)17-11-16-5-4-6-18(19(16)12-17)15-9-7-14(3)8-10-15;1-12-10-16-13(2)8-9-15(17(16)11-12)14-6-4-3-5-7-14;;;;/h4-13H,1-3H3;3-11H,1-2H3;2*1H3;;/q4*-1;;. The van der Waals surface area contributed by atoms with Gasteiger partial charge in [0.25, 0.3) is 0 Å². The number of rotatable bonds is 3. The third-order valence-corrected chi connectivity index (χ3v) is 7.14. The van der Waals surface area contributed by atoms with E-state index in [0.29, 0.717) is 5.92 Å². The maximum absolute atomic E-state index is 3.06. The van der Waals surface area contributed by atoms with Gasteiger partial charge in [0.15, 0.2) is 0 Å². The second kappa shape index (κ2) is 15.3. The van der Waals surface area contributed by atoms with Crippen molar-refractivity contribution in [3.05, 3.63) is 146 Å². The topological polar surface area (TPSA) is 0 Å². The van der Waals surface area contributed by atoms with Crippen LogP contribution >= 0.6 is 0 Å². The fourth-order valence-electron chi connectivity index (χ4n) is 5.04. The summed E-state index contributed by atoms with van der Waals surface area (Å²) in [7, 11) is 0. The average molecular weight is 616 g/mol. The maximum atomic E-state index is 3.06. The first-order chi connectivity index (χ1) is 18.4. The number of aryl methyl sites for hydroxylation is 3. The van der Waals surface area contributed by atoms with Gasteiger partial charge in [-0.3, -0.25) is 0 Å². The normalized spacial score (nSPS) is 10.1. The van der Waals surface area contributed by atoms with Crippen molar-refractivity contribution in [2.24, 2.45) is 0 Å². The zero-order chi connectivity index (χ0) is 27.2. The van der Waals surface area contributed by atoms with Crippen molar-refractivity contribution in [2.45, 2.75) is 40.5 Å². The van der Waals surface area contributed by atoms with E-state index in [4.69, 9.17) is 0 Å². The van der Waals surface area contributed by atoms with E-state index in [1.54, 1.807) is 0 Å². The molecule has 0 aliphatic carbocycles. The summed E-state index contributed by atoms with van der Waals surface area (Å²) in [6.07, 6.45) is 0. The molecule has 0 saturated heterocycles. The Kier molecular flexibility index (Phi) is 12.8. The molecule has 0 amide bonds. The average Bonchev–Trinajstić information content (AvgIpc) is 3.56. The Hall–Kier alpha value is -2.80. The summed E-state index contributed by atoms with van der Waals surface area (Å²) >= 11 is 1.36. The van der Waals surface area contributed by atoms with E-state index in [0.717, 1.165) is 0 Å². The van der Waals surface area contributed by atoms with E-state index in [-0.39, 0.29) is 14.9 Å². The Balaban J connectivity index is 0.000000253. The van der Waals surface area contributed by atoms with Crippen LogP contribution in [0.3, 0.4) is 0 Å². The predicted molar refractivity (Wildman–Crippen MR) is 177 cm³/mol. The van der Waals surface area contributed by atoms with Crippen molar-refractivity contribution < 1.29 is 23.3 Å². The summed E-state index contributed by atoms with van der Waals surface area (Å²) in [6.45, 7) is 14.0. The van der Waals surface area contributed by atoms with Gasteiger partial charge in [0.1, 0.15) is 0 Å². The summed E-state index contributed by atoms with van der Waals surface area (Å²) in [6, 6.07) is 39.6. The van der Waals surface area contributed by atoms with Gasteiger partial charge in [-0.1, -0.05) is 111 Å². The van der Waals surface area contributed by atoms with E-state index < -0.39 is 0 Å². The molecule has 204 valence electrons. The molecule has 0 aromatic heterocycles. The van der Waals surface area contributed by atoms with Gasteiger partial charge < -0.3 is 14.9 Å². The minimum atomic E-state index is 0. The summed E-state index contributed by atoms with van der Waals surface area (Å²) in [5.41, 5.74) is 10.7. The van der Waals surface area contributed by atoms with E-state index in [9.17, 15) is 0 Å². The van der Waals surface area contributed by atoms with Crippen LogP contribution in [0.1, 0.15) is 42.0 Å². The van der Waals surface area contributed by atoms with Crippen LogP contribution in [0, 0.1) is 35.6 Å². The van der Waals surface area contributed by atoms with E-state index in [1.165, 1.54) is 89.4 Å². The van der Waals surface area contributed by atoms with E-state index in [2.05, 4.69) is 151 Å². The van der Waals surface area contributed by atoms with Gasteiger partial charge in [-0.05, 0) is 24.0 Å².